The highest BCUT2D eigenvalue weighted by Gasteiger charge is 2.31. The molecule has 8 heteroatoms. The number of anilines is 1. The molecule has 4 rings (SSSR count). The molecule has 1 aliphatic rings. The lowest BCUT2D eigenvalue weighted by Crippen LogP contribution is -2.33. The summed E-state index contributed by atoms with van der Waals surface area (Å²) in [6, 6.07) is 5.75. The number of aromatic nitrogens is 4. The molecule has 0 atom stereocenters. The second-order valence-electron chi connectivity index (χ2n) is 6.59. The van der Waals surface area contributed by atoms with Crippen LogP contribution in [0.3, 0.4) is 0 Å². The lowest BCUT2D eigenvalue weighted by molar-refractivity contribution is -0.137. The summed E-state index contributed by atoms with van der Waals surface area (Å²) in [4.78, 5) is 10.7. The van der Waals surface area contributed by atoms with E-state index in [2.05, 4.69) is 25.1 Å². The van der Waals surface area contributed by atoms with Crippen molar-refractivity contribution in [1.82, 2.24) is 20.2 Å². The number of aromatic amines is 1. The zero-order valence-electron chi connectivity index (χ0n) is 14.0. The smallest absolute Gasteiger partial charge is 0.349 e. The van der Waals surface area contributed by atoms with Crippen LogP contribution in [0.25, 0.3) is 11.0 Å². The molecule has 0 bridgehead atoms. The van der Waals surface area contributed by atoms with Crippen LogP contribution in [0.15, 0.2) is 36.8 Å². The molecular weight excluding hydrogens is 343 g/mol. The molecule has 3 aromatic rings. The van der Waals surface area contributed by atoms with E-state index in [4.69, 9.17) is 0 Å². The van der Waals surface area contributed by atoms with E-state index in [1.54, 1.807) is 12.3 Å². The van der Waals surface area contributed by atoms with Crippen LogP contribution in [0.2, 0.25) is 0 Å². The van der Waals surface area contributed by atoms with Crippen LogP contribution in [0.5, 0.6) is 0 Å². The van der Waals surface area contributed by atoms with Gasteiger partial charge in [-0.15, -0.1) is 0 Å². The second-order valence-corrected chi connectivity index (χ2v) is 6.59. The van der Waals surface area contributed by atoms with Gasteiger partial charge in [0.2, 0.25) is 0 Å². The maximum Gasteiger partial charge on any atom is 0.416 e. The summed E-state index contributed by atoms with van der Waals surface area (Å²) < 4.78 is 39.1. The molecule has 2 heterocycles. The Hall–Kier alpha value is -2.64. The molecule has 0 spiro atoms. The number of hydrogen-bond acceptors (Lipinski definition) is 4. The number of alkyl halides is 3. The fraction of sp³-hybridized carbons (Fsp3) is 0.389. The first-order valence-electron chi connectivity index (χ1n) is 8.59. The van der Waals surface area contributed by atoms with Crippen molar-refractivity contribution in [3.05, 3.63) is 47.9 Å². The summed E-state index contributed by atoms with van der Waals surface area (Å²) in [5.41, 5.74) is 0.613. The van der Waals surface area contributed by atoms with E-state index in [9.17, 15) is 13.2 Å². The highest BCUT2D eigenvalue weighted by molar-refractivity contribution is 5.86. The van der Waals surface area contributed by atoms with Crippen molar-refractivity contribution in [3.63, 3.8) is 0 Å². The number of benzene rings is 1. The zero-order chi connectivity index (χ0) is 18.1. The van der Waals surface area contributed by atoms with Crippen molar-refractivity contribution in [2.24, 2.45) is 0 Å². The van der Waals surface area contributed by atoms with Gasteiger partial charge >= 0.3 is 6.18 Å². The van der Waals surface area contributed by atoms with Crippen LogP contribution in [0.4, 0.5) is 19.0 Å². The van der Waals surface area contributed by atoms with E-state index in [0.29, 0.717) is 23.6 Å². The summed E-state index contributed by atoms with van der Waals surface area (Å²) in [6.07, 6.45) is 3.01. The molecule has 1 saturated carbocycles. The van der Waals surface area contributed by atoms with Gasteiger partial charge in [0.25, 0.3) is 0 Å². The van der Waals surface area contributed by atoms with Gasteiger partial charge in [0, 0.05) is 12.6 Å². The summed E-state index contributed by atoms with van der Waals surface area (Å²) in [7, 11) is 0. The van der Waals surface area contributed by atoms with Gasteiger partial charge in [-0.3, -0.25) is 5.10 Å². The van der Waals surface area contributed by atoms with Gasteiger partial charge in [0.1, 0.15) is 12.1 Å². The Morgan fingerprint density at radius 1 is 1.15 bits per heavy atom. The fourth-order valence-electron chi connectivity index (χ4n) is 3.62. The van der Waals surface area contributed by atoms with E-state index in [0.717, 1.165) is 37.1 Å². The third kappa shape index (κ3) is 3.23. The standard InChI is InChI=1S/C18H18F3N5/c19-18(20,21)13-5-3-4-12(8-13)10-26(14-6-1-2-7-14)17-15-9-24-25-16(15)22-11-23-17/h3-5,8-9,11,14H,1-2,6-7,10H2,(H,22,23,24,25). The molecule has 0 amide bonds. The molecule has 1 fully saturated rings. The first-order valence-corrected chi connectivity index (χ1v) is 8.59. The SMILES string of the molecule is FC(F)(F)c1cccc(CN(c2ncnc3[nH]ncc23)C2CCCC2)c1. The number of rotatable bonds is 4. The molecule has 0 saturated heterocycles. The summed E-state index contributed by atoms with van der Waals surface area (Å²) in [6.45, 7) is 0.367. The summed E-state index contributed by atoms with van der Waals surface area (Å²) in [5.74, 6) is 0.716. The number of hydrogen-bond donors (Lipinski definition) is 1. The van der Waals surface area contributed by atoms with Crippen molar-refractivity contribution in [2.75, 3.05) is 4.90 Å². The van der Waals surface area contributed by atoms with Gasteiger partial charge < -0.3 is 4.90 Å². The van der Waals surface area contributed by atoms with Crippen molar-refractivity contribution in [2.45, 2.75) is 44.4 Å². The molecule has 1 aromatic carbocycles. The van der Waals surface area contributed by atoms with Crippen molar-refractivity contribution in [3.8, 4) is 0 Å². The lowest BCUT2D eigenvalue weighted by atomic mass is 10.1. The summed E-state index contributed by atoms with van der Waals surface area (Å²) in [5, 5.41) is 7.63. The Bertz CT molecular complexity index is 899. The minimum absolute atomic E-state index is 0.248. The maximum atomic E-state index is 13.0. The Morgan fingerprint density at radius 3 is 2.73 bits per heavy atom. The van der Waals surface area contributed by atoms with E-state index in [1.807, 2.05) is 0 Å². The Kier molecular flexibility index (Phi) is 4.26. The second kappa shape index (κ2) is 6.59. The minimum atomic E-state index is -4.35. The molecular formula is C18H18F3N5. The van der Waals surface area contributed by atoms with Gasteiger partial charge in [-0.05, 0) is 30.5 Å². The van der Waals surface area contributed by atoms with Crippen LogP contribution in [0.1, 0.15) is 36.8 Å². The van der Waals surface area contributed by atoms with E-state index >= 15 is 0 Å². The number of fused-ring (bicyclic) bond motifs is 1. The summed E-state index contributed by atoms with van der Waals surface area (Å²) >= 11 is 0. The zero-order valence-corrected chi connectivity index (χ0v) is 14.0. The van der Waals surface area contributed by atoms with Gasteiger partial charge in [-0.25, -0.2) is 9.97 Å². The molecule has 2 aromatic heterocycles. The first-order chi connectivity index (χ1) is 12.5. The highest BCUT2D eigenvalue weighted by atomic mass is 19.4. The minimum Gasteiger partial charge on any atom is -0.349 e. The van der Waals surface area contributed by atoms with Gasteiger partial charge in [0.05, 0.1) is 17.1 Å². The predicted molar refractivity (Wildman–Crippen MR) is 91.6 cm³/mol. The van der Waals surface area contributed by atoms with Crippen LogP contribution in [0, 0.1) is 0 Å². The Labute approximate surface area is 148 Å². The van der Waals surface area contributed by atoms with Gasteiger partial charge in [-0.1, -0.05) is 25.0 Å². The van der Waals surface area contributed by atoms with Crippen LogP contribution in [-0.2, 0) is 12.7 Å². The van der Waals surface area contributed by atoms with Crippen LogP contribution in [-0.4, -0.2) is 26.2 Å². The lowest BCUT2D eigenvalue weighted by Gasteiger charge is -2.30. The largest absolute Gasteiger partial charge is 0.416 e. The molecule has 26 heavy (non-hydrogen) atoms. The molecule has 0 aliphatic heterocycles. The van der Waals surface area contributed by atoms with Gasteiger partial charge in [-0.2, -0.15) is 18.3 Å². The van der Waals surface area contributed by atoms with Crippen LogP contribution >= 0.6 is 0 Å². The normalized spacial score (nSPS) is 15.7. The topological polar surface area (TPSA) is 57.7 Å². The number of nitrogens with zero attached hydrogens (tertiary/aromatic N) is 4. The first kappa shape index (κ1) is 16.8. The van der Waals surface area contributed by atoms with Crippen molar-refractivity contribution >= 4 is 16.9 Å². The Balaban J connectivity index is 1.72. The molecule has 1 N–H and O–H groups in total. The third-order valence-electron chi connectivity index (χ3n) is 4.87. The van der Waals surface area contributed by atoms with E-state index < -0.39 is 11.7 Å². The molecule has 0 radical (unpaired) electrons. The predicted octanol–water partition coefficient (Wildman–Crippen LogP) is 4.32. The Morgan fingerprint density at radius 2 is 1.96 bits per heavy atom. The average Bonchev–Trinajstić information content (AvgIpc) is 3.30. The number of halogens is 3. The highest BCUT2D eigenvalue weighted by Crippen LogP contribution is 2.33. The monoisotopic (exact) mass is 361 g/mol. The quantitative estimate of drug-likeness (QED) is 0.752. The third-order valence-corrected chi connectivity index (χ3v) is 4.87. The number of H-pyrrole nitrogens is 1. The van der Waals surface area contributed by atoms with E-state index in [-0.39, 0.29) is 6.04 Å². The van der Waals surface area contributed by atoms with Gasteiger partial charge in [0.15, 0.2) is 5.65 Å². The molecule has 1 aliphatic carbocycles. The maximum absolute atomic E-state index is 13.0. The molecule has 5 nitrogen and oxygen atoms in total. The fourth-order valence-corrected chi connectivity index (χ4v) is 3.62. The number of nitrogens with one attached hydrogen (secondary N) is 1. The van der Waals surface area contributed by atoms with Crippen molar-refractivity contribution < 1.29 is 13.2 Å². The van der Waals surface area contributed by atoms with Crippen LogP contribution < -0.4 is 4.90 Å². The van der Waals surface area contributed by atoms with Crippen molar-refractivity contribution in [1.29, 1.82) is 0 Å². The average molecular weight is 361 g/mol. The molecule has 0 unspecified atom stereocenters. The van der Waals surface area contributed by atoms with E-state index in [1.165, 1.54) is 18.5 Å². The molecule has 136 valence electrons.